The molecule has 1 unspecified atom stereocenters. The average molecular weight is 548 g/mol. The molecule has 7 nitrogen and oxygen atoms in total. The van der Waals surface area contributed by atoms with E-state index in [-0.39, 0.29) is 30.0 Å². The van der Waals surface area contributed by atoms with Crippen LogP contribution in [0.15, 0.2) is 66.2 Å². The number of benzene rings is 2. The van der Waals surface area contributed by atoms with Gasteiger partial charge < -0.3 is 15.4 Å². The first-order valence-electron chi connectivity index (χ1n) is 10.6. The monoisotopic (exact) mass is 548 g/mol. The zero-order chi connectivity index (χ0) is 22.1. The van der Waals surface area contributed by atoms with Crippen LogP contribution in [0.1, 0.15) is 43.5 Å². The first kappa shape index (κ1) is 25.6. The Kier molecular flexibility index (Phi) is 10.5. The van der Waals surface area contributed by atoms with Crippen LogP contribution >= 0.6 is 24.0 Å². The highest BCUT2D eigenvalue weighted by atomic mass is 127. The Hall–Kier alpha value is -2.62. The summed E-state index contributed by atoms with van der Waals surface area (Å²) in [4.78, 5) is 8.36. The standard InChI is InChI=1S/C24H32N6O.HI/c1-18(2)15-31-23-10-8-22(9-11-23)19(3)29-24(25-4)27-13-20-6-5-7-21(12-20)14-30-17-26-16-28-30;/h5-12,16-19H,13-15H2,1-4H3,(H2,25,27,29);1H. The van der Waals surface area contributed by atoms with Gasteiger partial charge in [0, 0.05) is 13.6 Å². The Morgan fingerprint density at radius 2 is 1.84 bits per heavy atom. The Labute approximate surface area is 207 Å². The second kappa shape index (κ2) is 13.0. The van der Waals surface area contributed by atoms with Crippen molar-refractivity contribution >= 4 is 29.9 Å². The van der Waals surface area contributed by atoms with Gasteiger partial charge in [-0.25, -0.2) is 9.67 Å². The molecule has 1 aromatic heterocycles. The molecule has 3 aromatic rings. The summed E-state index contributed by atoms with van der Waals surface area (Å²) in [6, 6.07) is 16.8. The molecule has 0 fully saturated rings. The minimum atomic E-state index is 0. The normalized spacial score (nSPS) is 12.2. The lowest BCUT2D eigenvalue weighted by molar-refractivity contribution is 0.271. The van der Waals surface area contributed by atoms with Crippen molar-refractivity contribution in [2.24, 2.45) is 10.9 Å². The molecular formula is C24H33IN6O. The summed E-state index contributed by atoms with van der Waals surface area (Å²) in [5, 5.41) is 11.0. The number of halogens is 1. The maximum Gasteiger partial charge on any atom is 0.191 e. The van der Waals surface area contributed by atoms with E-state index in [9.17, 15) is 0 Å². The van der Waals surface area contributed by atoms with Gasteiger partial charge in [0.2, 0.25) is 0 Å². The van der Waals surface area contributed by atoms with Gasteiger partial charge in [-0.3, -0.25) is 4.99 Å². The molecular weight excluding hydrogens is 515 g/mol. The summed E-state index contributed by atoms with van der Waals surface area (Å²) in [5.41, 5.74) is 3.54. The lowest BCUT2D eigenvalue weighted by Gasteiger charge is -2.19. The van der Waals surface area contributed by atoms with Gasteiger partial charge in [0.1, 0.15) is 18.4 Å². The van der Waals surface area contributed by atoms with Gasteiger partial charge in [-0.2, -0.15) is 5.10 Å². The molecule has 0 aliphatic rings. The third kappa shape index (κ3) is 8.14. The third-order valence-electron chi connectivity index (χ3n) is 4.80. The van der Waals surface area contributed by atoms with E-state index >= 15 is 0 Å². The molecule has 0 saturated carbocycles. The number of aliphatic imine (C=N–C) groups is 1. The lowest BCUT2D eigenvalue weighted by atomic mass is 10.1. The fourth-order valence-electron chi connectivity index (χ4n) is 3.12. The first-order valence-corrected chi connectivity index (χ1v) is 10.6. The predicted octanol–water partition coefficient (Wildman–Crippen LogP) is 4.41. The van der Waals surface area contributed by atoms with Gasteiger partial charge in [-0.05, 0) is 41.7 Å². The van der Waals surface area contributed by atoms with Gasteiger partial charge in [-0.1, -0.05) is 50.2 Å². The van der Waals surface area contributed by atoms with Crippen LogP contribution in [0.25, 0.3) is 0 Å². The highest BCUT2D eigenvalue weighted by Crippen LogP contribution is 2.18. The Morgan fingerprint density at radius 3 is 2.50 bits per heavy atom. The van der Waals surface area contributed by atoms with Crippen LogP contribution < -0.4 is 15.4 Å². The van der Waals surface area contributed by atoms with Crippen LogP contribution in [0.2, 0.25) is 0 Å². The smallest absolute Gasteiger partial charge is 0.191 e. The molecule has 0 saturated heterocycles. The molecule has 3 rings (SSSR count). The number of nitrogens with one attached hydrogen (secondary N) is 2. The minimum absolute atomic E-state index is 0. The van der Waals surface area contributed by atoms with Crippen LogP contribution in [0.4, 0.5) is 0 Å². The maximum atomic E-state index is 5.77. The fourth-order valence-corrected chi connectivity index (χ4v) is 3.12. The van der Waals surface area contributed by atoms with E-state index in [1.54, 1.807) is 19.7 Å². The van der Waals surface area contributed by atoms with E-state index in [4.69, 9.17) is 4.74 Å². The van der Waals surface area contributed by atoms with Crippen molar-refractivity contribution in [3.63, 3.8) is 0 Å². The molecule has 0 bridgehead atoms. The Balaban J connectivity index is 0.00000363. The highest BCUT2D eigenvalue weighted by Gasteiger charge is 2.09. The summed E-state index contributed by atoms with van der Waals surface area (Å²) >= 11 is 0. The molecule has 0 aliphatic heterocycles. The molecule has 0 aliphatic carbocycles. The van der Waals surface area contributed by atoms with Crippen molar-refractivity contribution in [3.8, 4) is 5.75 Å². The van der Waals surface area contributed by atoms with Crippen LogP contribution in [-0.2, 0) is 13.1 Å². The molecule has 0 spiro atoms. The van der Waals surface area contributed by atoms with Crippen LogP contribution in [0, 0.1) is 5.92 Å². The SMILES string of the molecule is CN=C(NCc1cccc(Cn2cncn2)c1)NC(C)c1ccc(OCC(C)C)cc1.I. The summed E-state index contributed by atoms with van der Waals surface area (Å²) in [6.45, 7) is 8.52. The van der Waals surface area contributed by atoms with E-state index in [0.717, 1.165) is 18.3 Å². The van der Waals surface area contributed by atoms with Gasteiger partial charge in [0.25, 0.3) is 0 Å². The maximum absolute atomic E-state index is 5.77. The van der Waals surface area contributed by atoms with Crippen LogP contribution in [0.5, 0.6) is 5.75 Å². The number of rotatable bonds is 9. The fraction of sp³-hybridized carbons (Fsp3) is 0.375. The summed E-state index contributed by atoms with van der Waals surface area (Å²) in [5.74, 6) is 2.17. The number of hydrogen-bond acceptors (Lipinski definition) is 4. The van der Waals surface area contributed by atoms with E-state index in [0.29, 0.717) is 19.0 Å². The number of nitrogens with zero attached hydrogens (tertiary/aromatic N) is 4. The van der Waals surface area contributed by atoms with Crippen molar-refractivity contribution in [1.29, 1.82) is 0 Å². The summed E-state index contributed by atoms with van der Waals surface area (Å²) in [6.07, 6.45) is 3.27. The van der Waals surface area contributed by atoms with Gasteiger partial charge in [0.15, 0.2) is 5.96 Å². The van der Waals surface area contributed by atoms with E-state index in [1.807, 2.05) is 16.8 Å². The number of hydrogen-bond donors (Lipinski definition) is 2. The van der Waals surface area contributed by atoms with Crippen molar-refractivity contribution < 1.29 is 4.74 Å². The van der Waals surface area contributed by atoms with Gasteiger partial charge in [0.05, 0.1) is 19.2 Å². The van der Waals surface area contributed by atoms with Crippen molar-refractivity contribution in [3.05, 3.63) is 77.9 Å². The quantitative estimate of drug-likeness (QED) is 0.236. The lowest BCUT2D eigenvalue weighted by Crippen LogP contribution is -2.38. The third-order valence-corrected chi connectivity index (χ3v) is 4.80. The molecule has 2 aromatic carbocycles. The van der Waals surface area contributed by atoms with Gasteiger partial charge >= 0.3 is 0 Å². The topological polar surface area (TPSA) is 76.4 Å². The molecule has 1 heterocycles. The Bertz CT molecular complexity index is 957. The molecule has 8 heteroatoms. The highest BCUT2D eigenvalue weighted by molar-refractivity contribution is 14.0. The molecule has 2 N–H and O–H groups in total. The van der Waals surface area contributed by atoms with Gasteiger partial charge in [-0.15, -0.1) is 24.0 Å². The average Bonchev–Trinajstić information content (AvgIpc) is 3.28. The van der Waals surface area contributed by atoms with E-state index in [2.05, 4.69) is 82.9 Å². The summed E-state index contributed by atoms with van der Waals surface area (Å²) < 4.78 is 7.58. The van der Waals surface area contributed by atoms with Crippen LogP contribution in [-0.4, -0.2) is 34.4 Å². The largest absolute Gasteiger partial charge is 0.493 e. The van der Waals surface area contributed by atoms with Crippen molar-refractivity contribution in [2.75, 3.05) is 13.7 Å². The molecule has 0 amide bonds. The number of aromatic nitrogens is 3. The molecule has 32 heavy (non-hydrogen) atoms. The zero-order valence-corrected chi connectivity index (χ0v) is 21.5. The van der Waals surface area contributed by atoms with Crippen molar-refractivity contribution in [2.45, 2.75) is 39.9 Å². The predicted molar refractivity (Wildman–Crippen MR) is 140 cm³/mol. The first-order chi connectivity index (χ1) is 15.0. The van der Waals surface area contributed by atoms with Crippen molar-refractivity contribution in [1.82, 2.24) is 25.4 Å². The second-order valence-electron chi connectivity index (χ2n) is 7.98. The Morgan fingerprint density at radius 1 is 1.09 bits per heavy atom. The van der Waals surface area contributed by atoms with E-state index in [1.165, 1.54) is 16.7 Å². The number of guanidine groups is 1. The van der Waals surface area contributed by atoms with Crippen LogP contribution in [0.3, 0.4) is 0 Å². The molecule has 0 radical (unpaired) electrons. The number of ether oxygens (including phenoxy) is 1. The molecule has 1 atom stereocenters. The molecule has 172 valence electrons. The minimum Gasteiger partial charge on any atom is -0.493 e. The van der Waals surface area contributed by atoms with E-state index < -0.39 is 0 Å². The second-order valence-corrected chi connectivity index (χ2v) is 7.98. The zero-order valence-electron chi connectivity index (χ0n) is 19.2. The summed E-state index contributed by atoms with van der Waals surface area (Å²) in [7, 11) is 1.78.